The SMILES string of the molecule is Cn1cc(NC(=O)c2nc(NC(=O)CCNC(=O)c3cc(NC(=O)c4nccn4C)cn3C)cn2C)cc1C(=O)NCCCC(=O)Nc1cn(C)c(C(=O)NCCC(=O)Nc2cc(C(=O)Nc3cn(C)c(C(=O)NCCC(=O)Nc4ccc(C#CC#CCN(CCOCCNC(=O)OC(C)(C)C)C(=O)OCC5c6ccccc6-c6ccccc65)cc4)n3)n(C)c2)n1. The quantitative estimate of drug-likeness (QED) is 0.0159. The number of nitrogens with zero attached hydrogens (tertiary/aromatic N) is 12. The lowest BCUT2D eigenvalue weighted by atomic mass is 9.98. The normalized spacial score (nSPS) is 11.2. The Morgan fingerprint density at radius 3 is 1.42 bits per heavy atom. The van der Waals surface area contributed by atoms with Gasteiger partial charge in [-0.1, -0.05) is 60.4 Å². The molecule has 126 heavy (non-hydrogen) atoms. The summed E-state index contributed by atoms with van der Waals surface area (Å²) >= 11 is 0. The lowest BCUT2D eigenvalue weighted by Gasteiger charge is -2.22. The monoisotopic (exact) mass is 1720 g/mol. The number of nitrogens with one attached hydrogen (secondary N) is 12. The molecule has 0 spiro atoms. The highest BCUT2D eigenvalue weighted by Crippen LogP contribution is 2.44. The predicted octanol–water partition coefficient (Wildman–Crippen LogP) is 5.96. The van der Waals surface area contributed by atoms with E-state index in [0.29, 0.717) is 16.9 Å². The third kappa shape index (κ3) is 25.2. The minimum atomic E-state index is -0.648. The highest BCUT2D eigenvalue weighted by atomic mass is 16.6. The van der Waals surface area contributed by atoms with Gasteiger partial charge >= 0.3 is 12.2 Å². The molecule has 10 aromatic rings. The molecule has 40 heteroatoms. The number of fused-ring (bicyclic) bond motifs is 3. The number of ether oxygens (including phenoxy) is 3. The van der Waals surface area contributed by atoms with Gasteiger partial charge in [0.1, 0.15) is 29.3 Å². The Bertz CT molecular complexity index is 5860. The fraction of sp³-hybridized carbons (Fsp3) is 0.314. The molecule has 0 aliphatic heterocycles. The standard InChI is InChI=1S/C86H96N24O16/c1-86(2,3)126-84(122)92-37-41-124-42-40-110(85(123)125-52-62-60-22-15-13-20-58(60)59-21-14-16-23-61(59)62)38-17-11-12-19-53-25-27-54(28-26-53)93-70(112)29-34-90-81(119)75-101-68(51-108(75)9)102-79(117)65-43-55(46-106(65)7)94-71(113)30-35-91-80(118)74-99-66(49-107(74)8)97-69(111)24-18-32-88-77(115)63-45-57(48-104(63)5)96-83(121)76-100-67(50-109(76)10)98-72(114)31-33-89-78(116)64-44-56(47-105(64)6)95-82(120)73-87-36-39-103(73)4/h13-16,20-23,25-28,36,39,43-51,62H,18,24,29-35,37-38,40-42,52H2,1-10H3,(H,88,115)(H,89,116)(H,90,119)(H,91,118)(H,92,122)(H,93,112)(H,94,113)(H,95,120)(H,96,121)(H,97,111)(H,98,114)(H,102,117). The fourth-order valence-corrected chi connectivity index (χ4v) is 13.1. The number of carbonyl (C=O) groups excluding carboxylic acids is 13. The van der Waals surface area contributed by atoms with Gasteiger partial charge in [-0.05, 0) is 104 Å². The molecular formula is C86H96N24O16. The molecule has 0 fully saturated rings. The number of aromatic nitrogens is 11. The lowest BCUT2D eigenvalue weighted by molar-refractivity contribution is -0.117. The first-order chi connectivity index (χ1) is 60.3. The molecule has 11 rings (SSSR count). The lowest BCUT2D eigenvalue weighted by Crippen LogP contribution is -2.37. The van der Waals surface area contributed by atoms with Crippen molar-refractivity contribution in [3.63, 3.8) is 0 Å². The fourth-order valence-electron chi connectivity index (χ4n) is 13.1. The van der Waals surface area contributed by atoms with Crippen LogP contribution in [0.4, 0.5) is 49.8 Å². The van der Waals surface area contributed by atoms with Gasteiger partial charge in [-0.2, -0.15) is 0 Å². The van der Waals surface area contributed by atoms with Crippen LogP contribution in [-0.2, 0) is 82.7 Å². The smallest absolute Gasteiger partial charge is 0.410 e. The number of benzene rings is 3. The summed E-state index contributed by atoms with van der Waals surface area (Å²) in [7, 11) is 11.1. The maximum atomic E-state index is 13.6. The second-order valence-electron chi connectivity index (χ2n) is 30.0. The van der Waals surface area contributed by atoms with Crippen molar-refractivity contribution in [2.45, 2.75) is 64.4 Å². The summed E-state index contributed by atoms with van der Waals surface area (Å²) in [6, 6.07) is 27.2. The molecule has 0 saturated carbocycles. The van der Waals surface area contributed by atoms with Crippen LogP contribution in [0.15, 0.2) is 141 Å². The first kappa shape index (κ1) is 90.9. The Hall–Kier alpha value is -15.9. The number of alkyl carbamates (subject to hydrolysis) is 1. The van der Waals surface area contributed by atoms with E-state index in [1.807, 2.05) is 36.4 Å². The molecule has 7 heterocycles. The van der Waals surface area contributed by atoms with Gasteiger partial charge in [0, 0.05) is 181 Å². The summed E-state index contributed by atoms with van der Waals surface area (Å²) in [6.45, 7) is 5.96. The molecule has 40 nitrogen and oxygen atoms in total. The van der Waals surface area contributed by atoms with E-state index in [2.05, 4.69) is 120 Å². The van der Waals surface area contributed by atoms with E-state index in [1.165, 1.54) is 87.7 Å². The summed E-state index contributed by atoms with van der Waals surface area (Å²) in [4.78, 5) is 188. The first-order valence-corrected chi connectivity index (χ1v) is 39.9. The topological polar surface area (TPSA) is 483 Å². The number of carbonyl (C=O) groups is 13. The van der Waals surface area contributed by atoms with Gasteiger partial charge in [0.15, 0.2) is 23.3 Å². The van der Waals surface area contributed by atoms with Crippen molar-refractivity contribution in [1.82, 2.24) is 83.4 Å². The number of hydrogen-bond donors (Lipinski definition) is 12. The number of imidazole rings is 4. The van der Waals surface area contributed by atoms with Crippen LogP contribution in [0.3, 0.4) is 0 Å². The average molecular weight is 1720 g/mol. The van der Waals surface area contributed by atoms with Crippen LogP contribution in [0.2, 0.25) is 0 Å². The zero-order chi connectivity index (χ0) is 90.3. The Labute approximate surface area is 723 Å². The Morgan fingerprint density at radius 2 is 0.897 bits per heavy atom. The number of amides is 13. The molecule has 0 radical (unpaired) electrons. The third-order valence-corrected chi connectivity index (χ3v) is 19.1. The molecule has 0 unspecified atom stereocenters. The molecule has 1 aliphatic rings. The van der Waals surface area contributed by atoms with Gasteiger partial charge < -0.3 is 110 Å². The molecule has 1 aliphatic carbocycles. The zero-order valence-corrected chi connectivity index (χ0v) is 70.9. The zero-order valence-electron chi connectivity index (χ0n) is 70.9. The Morgan fingerprint density at radius 1 is 0.437 bits per heavy atom. The van der Waals surface area contributed by atoms with Crippen LogP contribution in [-0.4, -0.2) is 205 Å². The maximum absolute atomic E-state index is 13.6. The number of rotatable bonds is 36. The van der Waals surface area contributed by atoms with E-state index in [1.54, 1.807) is 111 Å². The van der Waals surface area contributed by atoms with Crippen LogP contribution >= 0.6 is 0 Å². The number of aryl methyl sites for hydroxylation is 7. The highest BCUT2D eigenvalue weighted by Gasteiger charge is 2.31. The molecule has 12 N–H and O–H groups in total. The first-order valence-electron chi connectivity index (χ1n) is 39.9. The summed E-state index contributed by atoms with van der Waals surface area (Å²) in [6.07, 6.45) is 10.6. The van der Waals surface area contributed by atoms with Crippen molar-refractivity contribution in [1.29, 1.82) is 0 Å². The number of anilines is 7. The van der Waals surface area contributed by atoms with Gasteiger partial charge in [0.05, 0.1) is 36.8 Å². The summed E-state index contributed by atoms with van der Waals surface area (Å²) in [5.41, 5.74) is 6.24. The van der Waals surface area contributed by atoms with E-state index < -0.39 is 76.9 Å². The van der Waals surface area contributed by atoms with E-state index >= 15 is 0 Å². The molecule has 13 amide bonds. The van der Waals surface area contributed by atoms with Crippen LogP contribution in [0.25, 0.3) is 11.1 Å². The van der Waals surface area contributed by atoms with Crippen molar-refractivity contribution < 1.29 is 76.5 Å². The second-order valence-corrected chi connectivity index (χ2v) is 30.0. The maximum Gasteiger partial charge on any atom is 0.410 e. The molecular weight excluding hydrogens is 1630 g/mol. The van der Waals surface area contributed by atoms with Crippen LogP contribution in [0.5, 0.6) is 0 Å². The Balaban J connectivity index is 0.542. The van der Waals surface area contributed by atoms with Gasteiger partial charge in [-0.3, -0.25) is 57.6 Å². The molecule has 0 bridgehead atoms. The minimum absolute atomic E-state index is 0.0116. The molecule has 0 saturated heterocycles. The second kappa shape index (κ2) is 42.1. The molecule has 0 atom stereocenters. The van der Waals surface area contributed by atoms with E-state index in [4.69, 9.17) is 14.2 Å². The van der Waals surface area contributed by atoms with Gasteiger partial charge in [-0.25, -0.2) is 29.5 Å². The molecule has 7 aromatic heterocycles. The van der Waals surface area contributed by atoms with E-state index in [9.17, 15) is 62.3 Å². The largest absolute Gasteiger partial charge is 0.448 e. The van der Waals surface area contributed by atoms with E-state index in [-0.39, 0.29) is 179 Å². The van der Waals surface area contributed by atoms with Gasteiger partial charge in [-0.15, -0.1) is 0 Å². The van der Waals surface area contributed by atoms with Crippen LogP contribution in [0, 0.1) is 23.7 Å². The van der Waals surface area contributed by atoms with Gasteiger partial charge in [0.2, 0.25) is 41.1 Å². The molecule has 3 aromatic carbocycles. The van der Waals surface area contributed by atoms with Crippen molar-refractivity contribution in [3.8, 4) is 34.8 Å². The third-order valence-electron chi connectivity index (χ3n) is 19.1. The van der Waals surface area contributed by atoms with Crippen molar-refractivity contribution in [3.05, 3.63) is 198 Å². The van der Waals surface area contributed by atoms with Crippen LogP contribution < -0.4 is 63.8 Å². The summed E-state index contributed by atoms with van der Waals surface area (Å²) in [5, 5.41) is 32.1. The Kier molecular flexibility index (Phi) is 30.4. The van der Waals surface area contributed by atoms with Crippen molar-refractivity contribution >= 4 is 117 Å². The van der Waals surface area contributed by atoms with Crippen molar-refractivity contribution in [2.75, 3.05) is 103 Å². The molecule has 656 valence electrons. The number of hydrogen-bond acceptors (Lipinski definition) is 20. The summed E-state index contributed by atoms with van der Waals surface area (Å²) < 4.78 is 27.2. The van der Waals surface area contributed by atoms with Crippen molar-refractivity contribution in [2.24, 2.45) is 49.3 Å². The minimum Gasteiger partial charge on any atom is -0.448 e. The van der Waals surface area contributed by atoms with Gasteiger partial charge in [0.25, 0.3) is 41.4 Å². The summed E-state index contributed by atoms with van der Waals surface area (Å²) in [5.74, 6) is 5.79. The highest BCUT2D eigenvalue weighted by molar-refractivity contribution is 6.06. The predicted molar refractivity (Wildman–Crippen MR) is 463 cm³/mol. The average Bonchev–Trinajstić information content (AvgIpc) is 1.61. The van der Waals surface area contributed by atoms with E-state index in [0.717, 1.165) is 22.3 Å². The van der Waals surface area contributed by atoms with Crippen LogP contribution in [0.1, 0.15) is 149 Å².